The van der Waals surface area contributed by atoms with Gasteiger partial charge in [0.15, 0.2) is 28.8 Å². The molecule has 0 aliphatic heterocycles. The van der Waals surface area contributed by atoms with Gasteiger partial charge in [0.25, 0.3) is 0 Å². The van der Waals surface area contributed by atoms with Crippen LogP contribution in [0.15, 0.2) is 54.9 Å². The SMILES string of the molecule is COc1cc2sc(/C=C(/C(=O)[O-])c3ccncc3)c(Oc3ccc(F)cc3F)c2cc1OC.[Na+]. The second-order valence-corrected chi connectivity index (χ2v) is 7.84. The summed E-state index contributed by atoms with van der Waals surface area (Å²) < 4.78 is 45.0. The molecule has 0 atom stereocenters. The van der Waals surface area contributed by atoms with Crippen LogP contribution in [0.25, 0.3) is 21.7 Å². The fourth-order valence-corrected chi connectivity index (χ4v) is 4.30. The van der Waals surface area contributed by atoms with E-state index in [2.05, 4.69) is 4.98 Å². The number of carbonyl (C=O) groups excluding carboxylic acids is 1. The number of carboxylic acid groups (broad SMARTS) is 1. The number of hydrogen-bond acceptors (Lipinski definition) is 7. The Morgan fingerprint density at radius 1 is 1.00 bits per heavy atom. The number of pyridine rings is 1. The Balaban J connectivity index is 0.00000324. The van der Waals surface area contributed by atoms with Gasteiger partial charge in [0.2, 0.25) is 0 Å². The minimum atomic E-state index is -1.41. The monoisotopic (exact) mass is 491 g/mol. The van der Waals surface area contributed by atoms with Gasteiger partial charge in [-0.2, -0.15) is 0 Å². The van der Waals surface area contributed by atoms with Crippen molar-refractivity contribution in [3.05, 3.63) is 76.9 Å². The van der Waals surface area contributed by atoms with E-state index in [9.17, 15) is 18.7 Å². The van der Waals surface area contributed by atoms with Gasteiger partial charge in [-0.3, -0.25) is 4.98 Å². The summed E-state index contributed by atoms with van der Waals surface area (Å²) in [6.45, 7) is 0. The van der Waals surface area contributed by atoms with E-state index >= 15 is 0 Å². The van der Waals surface area contributed by atoms with Crippen molar-refractivity contribution in [3.8, 4) is 23.0 Å². The minimum Gasteiger partial charge on any atom is -0.545 e. The van der Waals surface area contributed by atoms with E-state index in [1.807, 2.05) is 0 Å². The Morgan fingerprint density at radius 2 is 1.68 bits per heavy atom. The first kappa shape index (κ1) is 25.6. The predicted octanol–water partition coefficient (Wildman–Crippen LogP) is 1.68. The molecule has 4 rings (SSSR count). The molecule has 2 aromatic carbocycles. The second-order valence-electron chi connectivity index (χ2n) is 6.76. The third kappa shape index (κ3) is 5.23. The fraction of sp³-hybridized carbons (Fsp3) is 0.0833. The van der Waals surface area contributed by atoms with Crippen molar-refractivity contribution >= 4 is 39.0 Å². The molecule has 2 aromatic heterocycles. The molecule has 0 aliphatic carbocycles. The molecule has 0 saturated heterocycles. The van der Waals surface area contributed by atoms with Crippen LogP contribution in [0, 0.1) is 11.6 Å². The molecule has 6 nitrogen and oxygen atoms in total. The van der Waals surface area contributed by atoms with E-state index in [4.69, 9.17) is 14.2 Å². The van der Waals surface area contributed by atoms with Gasteiger partial charge in [-0.1, -0.05) is 0 Å². The maximum Gasteiger partial charge on any atom is 1.00 e. The van der Waals surface area contributed by atoms with E-state index in [1.54, 1.807) is 12.1 Å². The largest absolute Gasteiger partial charge is 1.00 e. The van der Waals surface area contributed by atoms with Gasteiger partial charge >= 0.3 is 29.6 Å². The third-order valence-electron chi connectivity index (χ3n) is 4.77. The number of carboxylic acids is 1. The number of hydrogen-bond donors (Lipinski definition) is 0. The van der Waals surface area contributed by atoms with Gasteiger partial charge in [-0.15, -0.1) is 11.3 Å². The van der Waals surface area contributed by atoms with Crippen LogP contribution in [0.1, 0.15) is 10.4 Å². The van der Waals surface area contributed by atoms with E-state index in [1.165, 1.54) is 56.2 Å². The molecule has 2 heterocycles. The van der Waals surface area contributed by atoms with Gasteiger partial charge in [-0.05, 0) is 42.0 Å². The number of aliphatic carboxylic acids is 1. The Hall–Kier alpha value is -2.98. The maximum atomic E-state index is 14.4. The summed E-state index contributed by atoms with van der Waals surface area (Å²) in [5, 5.41) is 12.4. The summed E-state index contributed by atoms with van der Waals surface area (Å²) >= 11 is 1.20. The van der Waals surface area contributed by atoms with E-state index in [0.29, 0.717) is 38.1 Å². The number of methoxy groups -OCH3 is 2. The average Bonchev–Trinajstić information content (AvgIpc) is 3.14. The smallest absolute Gasteiger partial charge is 0.545 e. The van der Waals surface area contributed by atoms with Crippen molar-refractivity contribution in [1.82, 2.24) is 4.98 Å². The number of thiophene rings is 1. The zero-order valence-electron chi connectivity index (χ0n) is 18.4. The Kier molecular flexibility index (Phi) is 8.27. The van der Waals surface area contributed by atoms with Crippen LogP contribution in [0.3, 0.4) is 0 Å². The van der Waals surface area contributed by atoms with Crippen molar-refractivity contribution in [2.24, 2.45) is 0 Å². The number of ether oxygens (including phenoxy) is 3. The normalized spacial score (nSPS) is 11.1. The minimum absolute atomic E-state index is 0. The number of rotatable bonds is 7. The zero-order valence-corrected chi connectivity index (χ0v) is 21.2. The van der Waals surface area contributed by atoms with Crippen LogP contribution in [-0.4, -0.2) is 25.2 Å². The van der Waals surface area contributed by atoms with Gasteiger partial charge in [0, 0.05) is 40.2 Å². The Morgan fingerprint density at radius 3 is 2.29 bits per heavy atom. The number of halogens is 2. The molecule has 4 aromatic rings. The Bertz CT molecular complexity index is 1380. The van der Waals surface area contributed by atoms with Crippen LogP contribution < -0.4 is 48.9 Å². The zero-order chi connectivity index (χ0) is 23.5. The van der Waals surface area contributed by atoms with Gasteiger partial charge in [0.1, 0.15) is 5.82 Å². The van der Waals surface area contributed by atoms with Crippen molar-refractivity contribution in [2.75, 3.05) is 14.2 Å². The molecule has 0 amide bonds. The molecular formula is C24H16F2NNaO5S. The molecule has 0 aliphatic rings. The predicted molar refractivity (Wildman–Crippen MR) is 118 cm³/mol. The molecule has 0 unspecified atom stereocenters. The van der Waals surface area contributed by atoms with Crippen LogP contribution in [0.5, 0.6) is 23.0 Å². The van der Waals surface area contributed by atoms with Crippen LogP contribution in [-0.2, 0) is 4.79 Å². The quantitative estimate of drug-likeness (QED) is 0.289. The van der Waals surface area contributed by atoms with Gasteiger partial charge in [-0.25, -0.2) is 8.78 Å². The van der Waals surface area contributed by atoms with Gasteiger partial charge in [0.05, 0.1) is 25.1 Å². The van der Waals surface area contributed by atoms with Crippen molar-refractivity contribution in [3.63, 3.8) is 0 Å². The molecule has 0 saturated carbocycles. The number of nitrogens with zero attached hydrogens (tertiary/aromatic N) is 1. The maximum absolute atomic E-state index is 14.4. The van der Waals surface area contributed by atoms with Gasteiger partial charge < -0.3 is 24.1 Å². The van der Waals surface area contributed by atoms with E-state index < -0.39 is 17.6 Å². The number of carbonyl (C=O) groups is 1. The molecule has 168 valence electrons. The molecule has 0 radical (unpaired) electrons. The molecule has 0 spiro atoms. The standard InChI is InChI=1S/C24H17F2NO5S.Na/c1-30-19-10-16-21(12-20(19)31-2)33-22(11-15(24(28)29)13-5-7-27-8-6-13)23(16)32-18-4-3-14(25)9-17(18)26;/h3-12H,1-2H3,(H,28,29);/q;+1/p-1/b15-11+;. The second kappa shape index (κ2) is 11.0. The summed E-state index contributed by atoms with van der Waals surface area (Å²) in [5.41, 5.74) is 0.254. The molecule has 10 heteroatoms. The summed E-state index contributed by atoms with van der Waals surface area (Å²) in [5.74, 6) is -2.26. The number of aromatic nitrogens is 1. The third-order valence-corrected chi connectivity index (χ3v) is 5.85. The fourth-order valence-electron chi connectivity index (χ4n) is 3.21. The molecule has 34 heavy (non-hydrogen) atoms. The summed E-state index contributed by atoms with van der Waals surface area (Å²) in [4.78, 5) is 16.2. The van der Waals surface area contributed by atoms with Crippen molar-refractivity contribution < 1.29 is 62.4 Å². The topological polar surface area (TPSA) is 80.7 Å². The number of benzene rings is 2. The molecular weight excluding hydrogens is 475 g/mol. The van der Waals surface area contributed by atoms with Crippen molar-refractivity contribution in [2.45, 2.75) is 0 Å². The summed E-state index contributed by atoms with van der Waals surface area (Å²) in [6.07, 6.45) is 4.29. The van der Waals surface area contributed by atoms with Crippen LogP contribution in [0.2, 0.25) is 0 Å². The van der Waals surface area contributed by atoms with Crippen LogP contribution in [0.4, 0.5) is 8.78 Å². The van der Waals surface area contributed by atoms with Crippen LogP contribution >= 0.6 is 11.3 Å². The first-order chi connectivity index (χ1) is 15.9. The molecule has 0 fully saturated rings. The summed E-state index contributed by atoms with van der Waals surface area (Å²) in [6, 6.07) is 9.33. The first-order valence-corrected chi connectivity index (χ1v) is 10.4. The molecule has 0 bridgehead atoms. The van der Waals surface area contributed by atoms with E-state index in [0.717, 1.165) is 12.1 Å². The summed E-state index contributed by atoms with van der Waals surface area (Å²) in [7, 11) is 2.95. The van der Waals surface area contributed by atoms with Crippen molar-refractivity contribution in [1.29, 1.82) is 0 Å². The number of fused-ring (bicyclic) bond motifs is 1. The molecule has 0 N–H and O–H groups in total. The Labute approximate surface area is 219 Å². The average molecular weight is 491 g/mol. The van der Waals surface area contributed by atoms with E-state index in [-0.39, 0.29) is 46.6 Å². The first-order valence-electron chi connectivity index (χ1n) is 9.56.